The van der Waals surface area contributed by atoms with Crippen LogP contribution in [-0.2, 0) is 11.2 Å². The van der Waals surface area contributed by atoms with Gasteiger partial charge < -0.3 is 4.74 Å². The fourth-order valence-electron chi connectivity index (χ4n) is 3.94. The van der Waals surface area contributed by atoms with E-state index in [1.165, 1.54) is 5.56 Å². The number of hydrogen-bond acceptors (Lipinski definition) is 1. The second kappa shape index (κ2) is 9.14. The van der Waals surface area contributed by atoms with Crippen molar-refractivity contribution < 1.29 is 9.13 Å². The second-order valence-electron chi connectivity index (χ2n) is 7.19. The Morgan fingerprint density at radius 1 is 1.08 bits per heavy atom. The summed E-state index contributed by atoms with van der Waals surface area (Å²) in [7, 11) is 0. The molecule has 0 N–H and O–H groups in total. The average Bonchev–Trinajstić information content (AvgIpc) is 2.68. The fourth-order valence-corrected chi connectivity index (χ4v) is 3.94. The van der Waals surface area contributed by atoms with E-state index in [1.54, 1.807) is 6.07 Å². The molecule has 1 saturated carbocycles. The van der Waals surface area contributed by atoms with Gasteiger partial charge in [0.05, 0.1) is 6.10 Å². The van der Waals surface area contributed by atoms with E-state index in [0.29, 0.717) is 17.6 Å². The highest BCUT2D eigenvalue weighted by atomic mass is 19.1. The maximum absolute atomic E-state index is 14.8. The van der Waals surface area contributed by atoms with Crippen molar-refractivity contribution in [1.29, 1.82) is 0 Å². The molecule has 0 saturated heterocycles. The summed E-state index contributed by atoms with van der Waals surface area (Å²) < 4.78 is 20.5. The van der Waals surface area contributed by atoms with Gasteiger partial charge in [-0.15, -0.1) is 6.58 Å². The smallest absolute Gasteiger partial charge is 0.131 e. The molecule has 26 heavy (non-hydrogen) atoms. The van der Waals surface area contributed by atoms with Crippen LogP contribution >= 0.6 is 0 Å². The standard InChI is InChI=1S/C24H29FO/c1-3-5-6-18-7-9-20(10-8-18)23-16-13-21(17-24(23)25)19-11-14-22(15-12-19)26-4-2/h3,7-10,13,16-17,19,22H,1,4-6,11-12,14-15H2,2H3. The largest absolute Gasteiger partial charge is 0.379 e. The molecule has 2 aromatic rings. The van der Waals surface area contributed by atoms with Gasteiger partial charge in [-0.1, -0.05) is 42.5 Å². The molecular weight excluding hydrogens is 323 g/mol. The predicted molar refractivity (Wildman–Crippen MR) is 107 cm³/mol. The Morgan fingerprint density at radius 2 is 1.81 bits per heavy atom. The molecule has 1 aliphatic carbocycles. The van der Waals surface area contributed by atoms with E-state index < -0.39 is 0 Å². The molecule has 1 fully saturated rings. The highest BCUT2D eigenvalue weighted by Gasteiger charge is 2.23. The number of benzene rings is 2. The van der Waals surface area contributed by atoms with Crippen LogP contribution in [0, 0.1) is 5.82 Å². The first-order chi connectivity index (χ1) is 12.7. The van der Waals surface area contributed by atoms with Crippen molar-refractivity contribution in [1.82, 2.24) is 0 Å². The van der Waals surface area contributed by atoms with Crippen molar-refractivity contribution in [2.24, 2.45) is 0 Å². The van der Waals surface area contributed by atoms with E-state index in [4.69, 9.17) is 4.74 Å². The van der Waals surface area contributed by atoms with E-state index in [2.05, 4.69) is 24.8 Å². The zero-order chi connectivity index (χ0) is 18.4. The molecule has 2 aromatic carbocycles. The van der Waals surface area contributed by atoms with Crippen molar-refractivity contribution in [3.8, 4) is 11.1 Å². The lowest BCUT2D eigenvalue weighted by Gasteiger charge is -2.28. The highest BCUT2D eigenvalue weighted by Crippen LogP contribution is 2.35. The van der Waals surface area contributed by atoms with Gasteiger partial charge in [0, 0.05) is 12.2 Å². The molecule has 0 unspecified atom stereocenters. The van der Waals surface area contributed by atoms with Crippen molar-refractivity contribution in [3.63, 3.8) is 0 Å². The monoisotopic (exact) mass is 352 g/mol. The molecule has 0 heterocycles. The third-order valence-corrected chi connectivity index (χ3v) is 5.44. The van der Waals surface area contributed by atoms with Crippen molar-refractivity contribution >= 4 is 0 Å². The van der Waals surface area contributed by atoms with Crippen molar-refractivity contribution in [2.75, 3.05) is 6.61 Å². The fraction of sp³-hybridized carbons (Fsp3) is 0.417. The third-order valence-electron chi connectivity index (χ3n) is 5.44. The molecule has 0 spiro atoms. The van der Waals surface area contributed by atoms with Gasteiger partial charge in [-0.05, 0) is 74.1 Å². The topological polar surface area (TPSA) is 9.23 Å². The Hall–Kier alpha value is -1.93. The number of rotatable bonds is 7. The van der Waals surface area contributed by atoms with Crippen LogP contribution < -0.4 is 0 Å². The number of ether oxygens (including phenoxy) is 1. The molecule has 3 rings (SSSR count). The van der Waals surface area contributed by atoms with Gasteiger partial charge in [0.2, 0.25) is 0 Å². The molecule has 0 radical (unpaired) electrons. The molecule has 0 atom stereocenters. The summed E-state index contributed by atoms with van der Waals surface area (Å²) in [5, 5.41) is 0. The molecule has 138 valence electrons. The Bertz CT molecular complexity index is 711. The highest BCUT2D eigenvalue weighted by molar-refractivity contribution is 5.65. The first kappa shape index (κ1) is 18.8. The van der Waals surface area contributed by atoms with Gasteiger partial charge in [-0.25, -0.2) is 4.39 Å². The maximum atomic E-state index is 14.8. The Balaban J connectivity index is 1.69. The molecular formula is C24H29FO. The molecule has 0 aromatic heterocycles. The minimum atomic E-state index is -0.117. The van der Waals surface area contributed by atoms with Crippen LogP contribution in [0.15, 0.2) is 55.1 Å². The number of hydrogen-bond donors (Lipinski definition) is 0. The summed E-state index contributed by atoms with van der Waals surface area (Å²) in [5.74, 6) is 0.338. The average molecular weight is 352 g/mol. The van der Waals surface area contributed by atoms with Gasteiger partial charge >= 0.3 is 0 Å². The van der Waals surface area contributed by atoms with Gasteiger partial charge in [0.15, 0.2) is 0 Å². The van der Waals surface area contributed by atoms with Crippen molar-refractivity contribution in [3.05, 3.63) is 72.1 Å². The first-order valence-corrected chi connectivity index (χ1v) is 9.82. The number of aryl methyl sites for hydroxylation is 1. The molecule has 1 aliphatic rings. The zero-order valence-electron chi connectivity index (χ0n) is 15.7. The second-order valence-corrected chi connectivity index (χ2v) is 7.19. The Morgan fingerprint density at radius 3 is 2.42 bits per heavy atom. The lowest BCUT2D eigenvalue weighted by atomic mass is 9.82. The zero-order valence-corrected chi connectivity index (χ0v) is 15.7. The SMILES string of the molecule is C=CCCc1ccc(-c2ccc(C3CCC(OCC)CC3)cc2F)cc1. The normalized spacial score (nSPS) is 20.1. The number of allylic oxidation sites excluding steroid dienone is 1. The van der Waals surface area contributed by atoms with Gasteiger partial charge in [0.25, 0.3) is 0 Å². The number of halogens is 1. The van der Waals surface area contributed by atoms with Crippen LogP contribution in [0.25, 0.3) is 11.1 Å². The van der Waals surface area contributed by atoms with Crippen LogP contribution in [0.3, 0.4) is 0 Å². The minimum absolute atomic E-state index is 0.117. The molecule has 0 bridgehead atoms. The Kier molecular flexibility index (Phi) is 6.62. The molecule has 1 nitrogen and oxygen atoms in total. The summed E-state index contributed by atoms with van der Waals surface area (Å²) in [6.07, 6.45) is 8.59. The van der Waals surface area contributed by atoms with Crippen LogP contribution in [0.4, 0.5) is 4.39 Å². The summed E-state index contributed by atoms with van der Waals surface area (Å²) in [6, 6.07) is 14.0. The van der Waals surface area contributed by atoms with Gasteiger partial charge in [-0.2, -0.15) is 0 Å². The predicted octanol–water partition coefficient (Wildman–Crippen LogP) is 6.67. The lowest BCUT2D eigenvalue weighted by molar-refractivity contribution is 0.0328. The summed E-state index contributed by atoms with van der Waals surface area (Å²) in [6.45, 7) is 6.59. The van der Waals surface area contributed by atoms with Gasteiger partial charge in [-0.3, -0.25) is 0 Å². The third kappa shape index (κ3) is 4.62. The molecule has 2 heteroatoms. The van der Waals surface area contributed by atoms with Crippen LogP contribution in [0.2, 0.25) is 0 Å². The Labute approximate surface area is 156 Å². The molecule has 0 amide bonds. The van der Waals surface area contributed by atoms with E-state index >= 15 is 0 Å². The van der Waals surface area contributed by atoms with Crippen LogP contribution in [0.5, 0.6) is 0 Å². The first-order valence-electron chi connectivity index (χ1n) is 9.82. The summed E-state index contributed by atoms with van der Waals surface area (Å²) in [5.41, 5.74) is 4.02. The quantitative estimate of drug-likeness (QED) is 0.505. The minimum Gasteiger partial charge on any atom is -0.379 e. The van der Waals surface area contributed by atoms with Gasteiger partial charge in [0.1, 0.15) is 5.82 Å². The van der Waals surface area contributed by atoms with Crippen LogP contribution in [-0.4, -0.2) is 12.7 Å². The van der Waals surface area contributed by atoms with E-state index in [1.807, 2.05) is 31.2 Å². The van der Waals surface area contributed by atoms with E-state index in [0.717, 1.165) is 56.3 Å². The van der Waals surface area contributed by atoms with E-state index in [-0.39, 0.29) is 5.82 Å². The summed E-state index contributed by atoms with van der Waals surface area (Å²) in [4.78, 5) is 0. The van der Waals surface area contributed by atoms with Crippen molar-refractivity contribution in [2.45, 2.75) is 57.5 Å². The van der Waals surface area contributed by atoms with E-state index in [9.17, 15) is 4.39 Å². The lowest BCUT2D eigenvalue weighted by Crippen LogP contribution is -2.20. The maximum Gasteiger partial charge on any atom is 0.131 e. The van der Waals surface area contributed by atoms with Crippen LogP contribution in [0.1, 0.15) is 56.1 Å². The summed E-state index contributed by atoms with van der Waals surface area (Å²) >= 11 is 0. The molecule has 0 aliphatic heterocycles.